The molecule has 12 heavy (non-hydrogen) atoms. The molecule has 0 bridgehead atoms. The molecule has 0 aromatic rings. The molecule has 0 aliphatic heterocycles. The molecule has 70 valence electrons. The van der Waals surface area contributed by atoms with Crippen molar-refractivity contribution >= 4 is 5.97 Å². The van der Waals surface area contributed by atoms with Gasteiger partial charge in [-0.25, -0.2) is 4.79 Å². The van der Waals surface area contributed by atoms with Gasteiger partial charge in [-0.2, -0.15) is 0 Å². The fourth-order valence-corrected chi connectivity index (χ4v) is 0.557. The summed E-state index contributed by atoms with van der Waals surface area (Å²) in [5.74, 6) is -0.369. The van der Waals surface area contributed by atoms with Crippen molar-refractivity contribution in [1.82, 2.24) is 0 Å². The van der Waals surface area contributed by atoms with E-state index in [0.29, 0.717) is 5.57 Å². The molecule has 0 amide bonds. The third-order valence-corrected chi connectivity index (χ3v) is 1.67. The minimum atomic E-state index is -0.369. The molecular weight excluding hydrogens is 156 g/mol. The molecular formula is C9H16O3. The van der Waals surface area contributed by atoms with E-state index in [4.69, 9.17) is 9.47 Å². The first-order chi connectivity index (χ1) is 5.49. The van der Waals surface area contributed by atoms with Crippen LogP contribution >= 0.6 is 0 Å². The van der Waals surface area contributed by atoms with Crippen LogP contribution in [0, 0.1) is 0 Å². The Balaban J connectivity index is 3.92. The second-order valence-corrected chi connectivity index (χ2v) is 2.83. The van der Waals surface area contributed by atoms with Crippen LogP contribution in [0.25, 0.3) is 0 Å². The lowest BCUT2D eigenvalue weighted by Gasteiger charge is -2.18. The van der Waals surface area contributed by atoms with Crippen molar-refractivity contribution in [2.45, 2.75) is 33.0 Å². The van der Waals surface area contributed by atoms with Gasteiger partial charge < -0.3 is 9.47 Å². The normalized spacial score (nSPS) is 15.0. The van der Waals surface area contributed by atoms with Crippen LogP contribution in [0.15, 0.2) is 12.2 Å². The van der Waals surface area contributed by atoms with Gasteiger partial charge in [0.15, 0.2) is 0 Å². The van der Waals surface area contributed by atoms with Crippen LogP contribution in [-0.2, 0) is 14.3 Å². The number of hydrogen-bond donors (Lipinski definition) is 0. The highest BCUT2D eigenvalue weighted by atomic mass is 16.6. The van der Waals surface area contributed by atoms with E-state index < -0.39 is 0 Å². The molecule has 0 N–H and O–H groups in total. The average molecular weight is 172 g/mol. The largest absolute Gasteiger partial charge is 0.457 e. The van der Waals surface area contributed by atoms with Gasteiger partial charge in [-0.15, -0.1) is 0 Å². The number of carbonyl (C=O) groups is 1. The quantitative estimate of drug-likeness (QED) is 0.476. The van der Waals surface area contributed by atoms with Crippen molar-refractivity contribution < 1.29 is 14.3 Å². The van der Waals surface area contributed by atoms with Crippen molar-refractivity contribution in [2.24, 2.45) is 0 Å². The highest BCUT2D eigenvalue weighted by Crippen LogP contribution is 2.04. The number of hydrogen-bond acceptors (Lipinski definition) is 3. The van der Waals surface area contributed by atoms with Gasteiger partial charge in [0, 0.05) is 12.7 Å². The Morgan fingerprint density at radius 2 is 1.83 bits per heavy atom. The summed E-state index contributed by atoms with van der Waals surface area (Å²) in [5, 5.41) is 0. The molecule has 2 atom stereocenters. The Morgan fingerprint density at radius 1 is 1.33 bits per heavy atom. The lowest BCUT2D eigenvalue weighted by molar-refractivity contribution is -0.149. The third kappa shape index (κ3) is 3.53. The van der Waals surface area contributed by atoms with Gasteiger partial charge in [0.2, 0.25) is 0 Å². The van der Waals surface area contributed by atoms with Crippen molar-refractivity contribution in [3.63, 3.8) is 0 Å². The molecule has 3 heteroatoms. The average Bonchev–Trinajstić information content (AvgIpc) is 2.02. The van der Waals surface area contributed by atoms with Gasteiger partial charge in [0.25, 0.3) is 0 Å². The molecule has 2 unspecified atom stereocenters. The standard InChI is InChI=1S/C9H16O3/c1-6(2)9(10)12-8(4)7(3)11-5/h7-8H,1H2,2-5H3. The van der Waals surface area contributed by atoms with Crippen LogP contribution in [0.3, 0.4) is 0 Å². The molecule has 0 saturated carbocycles. The number of carbonyl (C=O) groups excluding carboxylic acids is 1. The molecule has 0 rings (SSSR count). The highest BCUT2D eigenvalue weighted by Gasteiger charge is 2.15. The van der Waals surface area contributed by atoms with Gasteiger partial charge in [0.05, 0.1) is 6.10 Å². The monoisotopic (exact) mass is 172 g/mol. The van der Waals surface area contributed by atoms with Gasteiger partial charge >= 0.3 is 5.97 Å². The zero-order valence-corrected chi connectivity index (χ0v) is 8.09. The summed E-state index contributed by atoms with van der Waals surface area (Å²) in [6.45, 7) is 8.73. The summed E-state index contributed by atoms with van der Waals surface area (Å²) in [5.41, 5.74) is 0.408. The lowest BCUT2D eigenvalue weighted by atomic mass is 10.2. The summed E-state index contributed by atoms with van der Waals surface area (Å²) in [6, 6.07) is 0. The molecule has 0 spiro atoms. The number of esters is 1. The summed E-state index contributed by atoms with van der Waals surface area (Å²) >= 11 is 0. The minimum Gasteiger partial charge on any atom is -0.457 e. The van der Waals surface area contributed by atoms with E-state index in [1.807, 2.05) is 6.92 Å². The van der Waals surface area contributed by atoms with Gasteiger partial charge in [-0.3, -0.25) is 0 Å². The third-order valence-electron chi connectivity index (χ3n) is 1.67. The molecule has 0 fully saturated rings. The molecule has 0 aromatic heterocycles. The van der Waals surface area contributed by atoms with E-state index in [9.17, 15) is 4.79 Å². The van der Waals surface area contributed by atoms with Crippen molar-refractivity contribution in [3.8, 4) is 0 Å². The van der Waals surface area contributed by atoms with E-state index in [2.05, 4.69) is 6.58 Å². The lowest BCUT2D eigenvalue weighted by Crippen LogP contribution is -2.27. The molecule has 0 radical (unpaired) electrons. The molecule has 0 aromatic carbocycles. The zero-order chi connectivity index (χ0) is 9.72. The first-order valence-electron chi connectivity index (χ1n) is 3.88. The fourth-order valence-electron chi connectivity index (χ4n) is 0.557. The van der Waals surface area contributed by atoms with Gasteiger partial charge in [0.1, 0.15) is 6.10 Å². The minimum absolute atomic E-state index is 0.0895. The van der Waals surface area contributed by atoms with Crippen LogP contribution < -0.4 is 0 Å². The summed E-state index contributed by atoms with van der Waals surface area (Å²) in [6.07, 6.45) is -0.326. The topological polar surface area (TPSA) is 35.5 Å². The molecule has 0 saturated heterocycles. The number of ether oxygens (including phenoxy) is 2. The zero-order valence-electron chi connectivity index (χ0n) is 8.09. The van der Waals surface area contributed by atoms with Crippen molar-refractivity contribution in [3.05, 3.63) is 12.2 Å². The molecule has 0 heterocycles. The van der Waals surface area contributed by atoms with Crippen LogP contribution in [0.2, 0.25) is 0 Å². The number of methoxy groups -OCH3 is 1. The fraction of sp³-hybridized carbons (Fsp3) is 0.667. The van der Waals surface area contributed by atoms with Crippen molar-refractivity contribution in [1.29, 1.82) is 0 Å². The first-order valence-corrected chi connectivity index (χ1v) is 3.88. The van der Waals surface area contributed by atoms with Gasteiger partial charge in [-0.1, -0.05) is 6.58 Å². The van der Waals surface area contributed by atoms with Crippen LogP contribution in [0.4, 0.5) is 0 Å². The van der Waals surface area contributed by atoms with Crippen LogP contribution in [-0.4, -0.2) is 25.3 Å². The Hall–Kier alpha value is -0.830. The summed E-state index contributed by atoms with van der Waals surface area (Å²) < 4.78 is 9.99. The second-order valence-electron chi connectivity index (χ2n) is 2.83. The van der Waals surface area contributed by atoms with Gasteiger partial charge in [-0.05, 0) is 20.8 Å². The SMILES string of the molecule is C=C(C)C(=O)OC(C)C(C)OC. The van der Waals surface area contributed by atoms with E-state index in [0.717, 1.165) is 0 Å². The maximum atomic E-state index is 11.0. The maximum Gasteiger partial charge on any atom is 0.333 e. The van der Waals surface area contributed by atoms with Crippen LogP contribution in [0.5, 0.6) is 0 Å². The van der Waals surface area contributed by atoms with E-state index in [-0.39, 0.29) is 18.2 Å². The summed E-state index contributed by atoms with van der Waals surface area (Å²) in [4.78, 5) is 11.0. The maximum absolute atomic E-state index is 11.0. The summed E-state index contributed by atoms with van der Waals surface area (Å²) in [7, 11) is 1.58. The predicted molar refractivity (Wildman–Crippen MR) is 46.8 cm³/mol. The van der Waals surface area contributed by atoms with E-state index in [1.165, 1.54) is 0 Å². The number of rotatable bonds is 4. The second kappa shape index (κ2) is 4.93. The highest BCUT2D eigenvalue weighted by molar-refractivity contribution is 5.87. The predicted octanol–water partition coefficient (Wildman–Crippen LogP) is 1.53. The molecule has 0 aliphatic rings. The molecule has 3 nitrogen and oxygen atoms in total. The Bertz CT molecular complexity index is 175. The molecule has 0 aliphatic carbocycles. The van der Waals surface area contributed by atoms with Crippen molar-refractivity contribution in [2.75, 3.05) is 7.11 Å². The Kier molecular flexibility index (Phi) is 4.59. The first kappa shape index (κ1) is 11.2. The smallest absolute Gasteiger partial charge is 0.333 e. The van der Waals surface area contributed by atoms with E-state index >= 15 is 0 Å². The van der Waals surface area contributed by atoms with E-state index in [1.54, 1.807) is 21.0 Å². The Morgan fingerprint density at radius 3 is 2.17 bits per heavy atom. The van der Waals surface area contributed by atoms with Crippen LogP contribution in [0.1, 0.15) is 20.8 Å². The Labute approximate surface area is 73.4 Å².